The van der Waals surface area contributed by atoms with Crippen LogP contribution in [0.3, 0.4) is 0 Å². The van der Waals surface area contributed by atoms with Crippen molar-refractivity contribution in [1.82, 2.24) is 0 Å². The summed E-state index contributed by atoms with van der Waals surface area (Å²) in [4.78, 5) is 5.05. The van der Waals surface area contributed by atoms with Crippen LogP contribution in [0.15, 0.2) is 17.3 Å². The number of nitrogens with zero attached hydrogens (tertiary/aromatic N) is 1. The molecule has 3 heteroatoms. The summed E-state index contributed by atoms with van der Waals surface area (Å²) >= 11 is 0. The summed E-state index contributed by atoms with van der Waals surface area (Å²) in [6.45, 7) is 8.68. The third kappa shape index (κ3) is 2.40. The Bertz CT molecular complexity index is 486. The lowest BCUT2D eigenvalue weighted by Crippen LogP contribution is -2.13. The summed E-state index contributed by atoms with van der Waals surface area (Å²) in [6, 6.07) is 3.73. The summed E-state index contributed by atoms with van der Waals surface area (Å²) in [5.74, 6) is -0.173. The van der Waals surface area contributed by atoms with Gasteiger partial charge >= 0.3 is 0 Å². The number of hydrogen-bond acceptors (Lipinski definition) is 2. The van der Waals surface area contributed by atoms with Crippen LogP contribution >= 0.6 is 0 Å². The van der Waals surface area contributed by atoms with E-state index in [-0.39, 0.29) is 11.2 Å². The fourth-order valence-corrected chi connectivity index (χ4v) is 2.23. The standard InChI is InChI=1S/C15H20FNO/c1-5-18-17-13-7-6-10-8-11(15(2,3)4)9-12(16)14(10)13/h8-9H,5-7H2,1-4H3/b17-13+. The average molecular weight is 249 g/mol. The zero-order valence-electron chi connectivity index (χ0n) is 11.5. The molecule has 0 saturated carbocycles. The van der Waals surface area contributed by atoms with Gasteiger partial charge in [-0.05, 0) is 42.4 Å². The van der Waals surface area contributed by atoms with Gasteiger partial charge in [0.15, 0.2) is 0 Å². The van der Waals surface area contributed by atoms with Crippen molar-refractivity contribution in [2.24, 2.45) is 5.16 Å². The fraction of sp³-hybridized carbons (Fsp3) is 0.533. The molecule has 1 aromatic rings. The van der Waals surface area contributed by atoms with Gasteiger partial charge in [-0.1, -0.05) is 32.0 Å². The topological polar surface area (TPSA) is 21.6 Å². The summed E-state index contributed by atoms with van der Waals surface area (Å²) in [5, 5.41) is 4.01. The molecule has 2 nitrogen and oxygen atoms in total. The van der Waals surface area contributed by atoms with Gasteiger partial charge in [-0.15, -0.1) is 0 Å². The lowest BCUT2D eigenvalue weighted by Gasteiger charge is -2.20. The van der Waals surface area contributed by atoms with Crippen LogP contribution in [0.2, 0.25) is 0 Å². The van der Waals surface area contributed by atoms with Gasteiger partial charge < -0.3 is 4.84 Å². The largest absolute Gasteiger partial charge is 0.396 e. The third-order valence-corrected chi connectivity index (χ3v) is 3.26. The van der Waals surface area contributed by atoms with Gasteiger partial charge in [-0.25, -0.2) is 4.39 Å². The molecule has 0 atom stereocenters. The molecule has 0 unspecified atom stereocenters. The molecule has 0 radical (unpaired) electrons. The molecular formula is C15H20FNO. The van der Waals surface area contributed by atoms with Crippen molar-refractivity contribution in [3.8, 4) is 0 Å². The van der Waals surface area contributed by atoms with Crippen LogP contribution in [0, 0.1) is 5.82 Å². The Morgan fingerprint density at radius 3 is 2.61 bits per heavy atom. The summed E-state index contributed by atoms with van der Waals surface area (Å²) < 4.78 is 14.2. The van der Waals surface area contributed by atoms with Gasteiger partial charge in [0.05, 0.1) is 5.71 Å². The molecule has 0 fully saturated rings. The average Bonchev–Trinajstić information content (AvgIpc) is 2.68. The van der Waals surface area contributed by atoms with Gasteiger partial charge in [0.1, 0.15) is 12.4 Å². The number of aryl methyl sites for hydroxylation is 1. The molecule has 0 saturated heterocycles. The van der Waals surface area contributed by atoms with Crippen LogP contribution in [0.1, 0.15) is 50.8 Å². The lowest BCUT2D eigenvalue weighted by molar-refractivity contribution is 0.158. The van der Waals surface area contributed by atoms with Crippen molar-refractivity contribution >= 4 is 5.71 Å². The van der Waals surface area contributed by atoms with Gasteiger partial charge in [0.2, 0.25) is 0 Å². The second-order valence-electron chi connectivity index (χ2n) is 5.70. The maximum atomic E-state index is 14.2. The quantitative estimate of drug-likeness (QED) is 0.730. The fourth-order valence-electron chi connectivity index (χ4n) is 2.23. The Morgan fingerprint density at radius 1 is 1.28 bits per heavy atom. The van der Waals surface area contributed by atoms with Crippen molar-refractivity contribution in [2.75, 3.05) is 6.61 Å². The molecule has 0 spiro atoms. The number of oxime groups is 1. The Hall–Kier alpha value is -1.38. The molecule has 1 aromatic carbocycles. The first-order valence-corrected chi connectivity index (χ1v) is 6.45. The second kappa shape index (κ2) is 4.71. The lowest BCUT2D eigenvalue weighted by atomic mass is 9.85. The maximum absolute atomic E-state index is 14.2. The summed E-state index contributed by atoms with van der Waals surface area (Å²) in [5.41, 5.74) is 3.45. The van der Waals surface area contributed by atoms with E-state index < -0.39 is 0 Å². The first-order chi connectivity index (χ1) is 8.43. The molecule has 2 rings (SSSR count). The highest BCUT2D eigenvalue weighted by molar-refractivity contribution is 6.04. The molecule has 0 aromatic heterocycles. The molecule has 98 valence electrons. The SMILES string of the molecule is CCO/N=C1\CCc2cc(C(C)(C)C)cc(F)c21. The number of hydrogen-bond donors (Lipinski definition) is 0. The van der Waals surface area contributed by atoms with Crippen molar-refractivity contribution in [3.05, 3.63) is 34.6 Å². The highest BCUT2D eigenvalue weighted by atomic mass is 19.1. The van der Waals surface area contributed by atoms with Crippen molar-refractivity contribution in [3.63, 3.8) is 0 Å². The first-order valence-electron chi connectivity index (χ1n) is 6.45. The van der Waals surface area contributed by atoms with Crippen LogP contribution in [-0.4, -0.2) is 12.3 Å². The van der Waals surface area contributed by atoms with Crippen LogP contribution in [0.4, 0.5) is 4.39 Å². The van der Waals surface area contributed by atoms with Crippen LogP contribution in [-0.2, 0) is 16.7 Å². The van der Waals surface area contributed by atoms with Crippen LogP contribution in [0.25, 0.3) is 0 Å². The van der Waals surface area contributed by atoms with E-state index in [9.17, 15) is 4.39 Å². The highest BCUT2D eigenvalue weighted by Gasteiger charge is 2.26. The Labute approximate surface area is 108 Å². The Kier molecular flexibility index (Phi) is 3.42. The van der Waals surface area contributed by atoms with Gasteiger partial charge in [-0.2, -0.15) is 0 Å². The Balaban J connectivity index is 2.44. The van der Waals surface area contributed by atoms with Gasteiger partial charge in [-0.3, -0.25) is 0 Å². The van der Waals surface area contributed by atoms with E-state index in [1.165, 1.54) is 0 Å². The molecule has 18 heavy (non-hydrogen) atoms. The minimum absolute atomic E-state index is 0.0321. The number of benzene rings is 1. The molecule has 0 heterocycles. The minimum Gasteiger partial charge on any atom is -0.396 e. The molecule has 0 N–H and O–H groups in total. The highest BCUT2D eigenvalue weighted by Crippen LogP contribution is 2.31. The molecule has 0 aliphatic heterocycles. The predicted molar refractivity (Wildman–Crippen MR) is 71.6 cm³/mol. The zero-order chi connectivity index (χ0) is 13.3. The van der Waals surface area contributed by atoms with E-state index in [0.717, 1.165) is 29.7 Å². The maximum Gasteiger partial charge on any atom is 0.132 e. The Morgan fingerprint density at radius 2 is 2.00 bits per heavy atom. The van der Waals surface area contributed by atoms with E-state index >= 15 is 0 Å². The number of halogens is 1. The van der Waals surface area contributed by atoms with Gasteiger partial charge in [0, 0.05) is 5.56 Å². The van der Waals surface area contributed by atoms with Crippen molar-refractivity contribution < 1.29 is 9.23 Å². The van der Waals surface area contributed by atoms with E-state index in [0.29, 0.717) is 12.2 Å². The van der Waals surface area contributed by atoms with E-state index in [1.54, 1.807) is 6.07 Å². The first kappa shape index (κ1) is 13.1. The predicted octanol–water partition coefficient (Wildman–Crippen LogP) is 3.81. The second-order valence-corrected chi connectivity index (χ2v) is 5.70. The monoisotopic (exact) mass is 249 g/mol. The molecule has 1 aliphatic carbocycles. The smallest absolute Gasteiger partial charge is 0.132 e. The normalized spacial score (nSPS) is 17.1. The summed E-state index contributed by atoms with van der Waals surface area (Å²) in [7, 11) is 0. The number of fused-ring (bicyclic) bond motifs is 1. The van der Waals surface area contributed by atoms with Crippen molar-refractivity contribution in [2.45, 2.75) is 46.0 Å². The molecule has 0 amide bonds. The van der Waals surface area contributed by atoms with Gasteiger partial charge in [0.25, 0.3) is 0 Å². The van der Waals surface area contributed by atoms with Crippen LogP contribution < -0.4 is 0 Å². The van der Waals surface area contributed by atoms with Crippen LogP contribution in [0.5, 0.6) is 0 Å². The van der Waals surface area contributed by atoms with E-state index in [1.807, 2.05) is 6.92 Å². The van der Waals surface area contributed by atoms with Crippen molar-refractivity contribution in [1.29, 1.82) is 0 Å². The summed E-state index contributed by atoms with van der Waals surface area (Å²) in [6.07, 6.45) is 1.61. The van der Waals surface area contributed by atoms with E-state index in [2.05, 4.69) is 32.0 Å². The molecular weight excluding hydrogens is 229 g/mol. The van der Waals surface area contributed by atoms with E-state index in [4.69, 9.17) is 4.84 Å². The minimum atomic E-state index is -0.173. The number of rotatable bonds is 2. The molecule has 0 bridgehead atoms. The molecule has 1 aliphatic rings. The third-order valence-electron chi connectivity index (χ3n) is 3.26. The zero-order valence-corrected chi connectivity index (χ0v) is 11.5.